The zero-order chi connectivity index (χ0) is 13.4. The summed E-state index contributed by atoms with van der Waals surface area (Å²) in [7, 11) is 1.79. The second-order valence-corrected chi connectivity index (χ2v) is 6.02. The van der Waals surface area contributed by atoms with E-state index in [-0.39, 0.29) is 0 Å². The van der Waals surface area contributed by atoms with E-state index in [0.717, 1.165) is 31.5 Å². The Kier molecular flexibility index (Phi) is 7.87. The van der Waals surface area contributed by atoms with Gasteiger partial charge in [-0.25, -0.2) is 0 Å². The number of hydrogen-bond acceptors (Lipinski definition) is 3. The van der Waals surface area contributed by atoms with Crippen molar-refractivity contribution in [3.05, 3.63) is 0 Å². The maximum atomic E-state index is 5.18. The van der Waals surface area contributed by atoms with Gasteiger partial charge in [-0.1, -0.05) is 27.2 Å². The van der Waals surface area contributed by atoms with Crippen molar-refractivity contribution in [3.8, 4) is 0 Å². The Balaban J connectivity index is 2.41. The van der Waals surface area contributed by atoms with E-state index in [1.807, 2.05) is 0 Å². The summed E-state index contributed by atoms with van der Waals surface area (Å²) in [5, 5.41) is 3.73. The molecule has 0 radical (unpaired) electrons. The maximum absolute atomic E-state index is 5.18. The van der Waals surface area contributed by atoms with Crippen LogP contribution in [0.5, 0.6) is 0 Å². The molecule has 0 saturated carbocycles. The third kappa shape index (κ3) is 5.68. The fourth-order valence-corrected chi connectivity index (χ4v) is 2.96. The van der Waals surface area contributed by atoms with Gasteiger partial charge in [0.2, 0.25) is 0 Å². The molecule has 0 aromatic heterocycles. The third-order valence-electron chi connectivity index (χ3n) is 3.79. The first-order chi connectivity index (χ1) is 8.67. The number of nitrogens with one attached hydrogen (secondary N) is 1. The first kappa shape index (κ1) is 15.9. The number of hydrogen-bond donors (Lipinski definition) is 1. The number of rotatable bonds is 8. The molecule has 0 bridgehead atoms. The molecule has 1 heterocycles. The third-order valence-corrected chi connectivity index (χ3v) is 3.79. The molecule has 1 saturated heterocycles. The summed E-state index contributed by atoms with van der Waals surface area (Å²) in [6.45, 7) is 11.4. The van der Waals surface area contributed by atoms with Gasteiger partial charge in [0.1, 0.15) is 0 Å². The molecule has 1 rings (SSSR count). The molecule has 2 atom stereocenters. The van der Waals surface area contributed by atoms with Crippen molar-refractivity contribution < 1.29 is 4.74 Å². The topological polar surface area (TPSA) is 24.5 Å². The Morgan fingerprint density at radius 2 is 2.17 bits per heavy atom. The van der Waals surface area contributed by atoms with Crippen LogP contribution in [0.2, 0.25) is 0 Å². The van der Waals surface area contributed by atoms with E-state index in [0.29, 0.717) is 6.04 Å². The van der Waals surface area contributed by atoms with Crippen LogP contribution in [-0.2, 0) is 4.74 Å². The largest absolute Gasteiger partial charge is 0.385 e. The highest BCUT2D eigenvalue weighted by atomic mass is 16.5. The molecule has 0 amide bonds. The van der Waals surface area contributed by atoms with Crippen LogP contribution in [0.3, 0.4) is 0 Å². The molecule has 3 nitrogen and oxygen atoms in total. The predicted molar refractivity (Wildman–Crippen MR) is 78.0 cm³/mol. The van der Waals surface area contributed by atoms with Crippen molar-refractivity contribution in [3.63, 3.8) is 0 Å². The molecule has 1 aliphatic rings. The van der Waals surface area contributed by atoms with Crippen LogP contribution in [0.15, 0.2) is 0 Å². The first-order valence-electron chi connectivity index (χ1n) is 7.63. The Bertz CT molecular complexity index is 209. The Hall–Kier alpha value is -0.120. The summed E-state index contributed by atoms with van der Waals surface area (Å²) in [6.07, 6.45) is 5.04. The maximum Gasteiger partial charge on any atom is 0.0474 e. The van der Waals surface area contributed by atoms with Crippen molar-refractivity contribution in [1.29, 1.82) is 0 Å². The monoisotopic (exact) mass is 256 g/mol. The van der Waals surface area contributed by atoms with Gasteiger partial charge < -0.3 is 10.1 Å². The van der Waals surface area contributed by atoms with Crippen LogP contribution in [-0.4, -0.2) is 50.3 Å². The first-order valence-corrected chi connectivity index (χ1v) is 7.63. The molecule has 0 spiro atoms. The minimum absolute atomic E-state index is 0.681. The van der Waals surface area contributed by atoms with E-state index in [2.05, 4.69) is 31.0 Å². The average Bonchev–Trinajstić information content (AvgIpc) is 2.32. The summed E-state index contributed by atoms with van der Waals surface area (Å²) in [5.41, 5.74) is 0. The van der Waals surface area contributed by atoms with E-state index in [4.69, 9.17) is 4.74 Å². The lowest BCUT2D eigenvalue weighted by atomic mass is 9.98. The lowest BCUT2D eigenvalue weighted by Gasteiger charge is -2.41. The summed E-state index contributed by atoms with van der Waals surface area (Å²) >= 11 is 0. The lowest BCUT2D eigenvalue weighted by molar-refractivity contribution is 0.0989. The zero-order valence-electron chi connectivity index (χ0n) is 12.7. The van der Waals surface area contributed by atoms with Gasteiger partial charge in [-0.3, -0.25) is 4.90 Å². The highest BCUT2D eigenvalue weighted by Gasteiger charge is 2.26. The molecule has 3 heteroatoms. The van der Waals surface area contributed by atoms with Gasteiger partial charge in [0, 0.05) is 45.4 Å². The molecule has 0 aromatic rings. The van der Waals surface area contributed by atoms with Crippen molar-refractivity contribution in [2.45, 2.75) is 58.5 Å². The second-order valence-electron chi connectivity index (χ2n) is 6.02. The summed E-state index contributed by atoms with van der Waals surface area (Å²) in [5.74, 6) is 0.783. The summed E-state index contributed by atoms with van der Waals surface area (Å²) < 4.78 is 5.18. The van der Waals surface area contributed by atoms with Crippen LogP contribution in [0.25, 0.3) is 0 Å². The van der Waals surface area contributed by atoms with Crippen LogP contribution in [0.1, 0.15) is 46.5 Å². The zero-order valence-corrected chi connectivity index (χ0v) is 12.7. The molecule has 108 valence electrons. The van der Waals surface area contributed by atoms with E-state index >= 15 is 0 Å². The van der Waals surface area contributed by atoms with Crippen molar-refractivity contribution in [2.24, 2.45) is 5.92 Å². The minimum atomic E-state index is 0.681. The molecule has 0 aromatic carbocycles. The smallest absolute Gasteiger partial charge is 0.0474 e. The standard InChI is InChI=1S/C15H32N2O/c1-5-7-15-11-16-14(10-13(2)3)12-17(15)8-6-9-18-4/h13-16H,5-12H2,1-4H3. The molecular weight excluding hydrogens is 224 g/mol. The predicted octanol–water partition coefficient (Wildman–Crippen LogP) is 2.51. The Morgan fingerprint density at radius 1 is 1.39 bits per heavy atom. The average molecular weight is 256 g/mol. The Labute approximate surface area is 113 Å². The number of nitrogens with zero attached hydrogens (tertiary/aromatic N) is 1. The van der Waals surface area contributed by atoms with Crippen molar-refractivity contribution >= 4 is 0 Å². The summed E-state index contributed by atoms with van der Waals surface area (Å²) in [4.78, 5) is 2.69. The van der Waals surface area contributed by atoms with Gasteiger partial charge in [0.05, 0.1) is 0 Å². The number of piperazine rings is 1. The fraction of sp³-hybridized carbons (Fsp3) is 1.00. The molecule has 0 aliphatic carbocycles. The van der Waals surface area contributed by atoms with Crippen LogP contribution >= 0.6 is 0 Å². The van der Waals surface area contributed by atoms with Gasteiger partial charge in [-0.05, 0) is 25.2 Å². The van der Waals surface area contributed by atoms with Crippen LogP contribution in [0, 0.1) is 5.92 Å². The Morgan fingerprint density at radius 3 is 2.78 bits per heavy atom. The highest BCUT2D eigenvalue weighted by Crippen LogP contribution is 2.16. The van der Waals surface area contributed by atoms with Crippen LogP contribution < -0.4 is 5.32 Å². The fourth-order valence-electron chi connectivity index (χ4n) is 2.96. The van der Waals surface area contributed by atoms with Crippen LogP contribution in [0.4, 0.5) is 0 Å². The normalized spacial score (nSPS) is 25.8. The molecule has 1 aliphatic heterocycles. The van der Waals surface area contributed by atoms with Gasteiger partial charge in [-0.2, -0.15) is 0 Å². The molecule has 1 fully saturated rings. The van der Waals surface area contributed by atoms with Gasteiger partial charge in [0.15, 0.2) is 0 Å². The van der Waals surface area contributed by atoms with E-state index < -0.39 is 0 Å². The minimum Gasteiger partial charge on any atom is -0.385 e. The van der Waals surface area contributed by atoms with Gasteiger partial charge in [-0.15, -0.1) is 0 Å². The van der Waals surface area contributed by atoms with E-state index in [1.54, 1.807) is 7.11 Å². The molecule has 1 N–H and O–H groups in total. The quantitative estimate of drug-likeness (QED) is 0.675. The highest BCUT2D eigenvalue weighted by molar-refractivity contribution is 4.86. The number of ether oxygens (including phenoxy) is 1. The van der Waals surface area contributed by atoms with Crippen molar-refractivity contribution in [1.82, 2.24) is 10.2 Å². The second kappa shape index (κ2) is 8.89. The van der Waals surface area contributed by atoms with Gasteiger partial charge >= 0.3 is 0 Å². The van der Waals surface area contributed by atoms with E-state index in [9.17, 15) is 0 Å². The molecule has 18 heavy (non-hydrogen) atoms. The van der Waals surface area contributed by atoms with Crippen molar-refractivity contribution in [2.75, 3.05) is 33.4 Å². The lowest BCUT2D eigenvalue weighted by Crippen LogP contribution is -2.56. The summed E-state index contributed by atoms with van der Waals surface area (Å²) in [6, 6.07) is 1.41. The van der Waals surface area contributed by atoms with Gasteiger partial charge in [0.25, 0.3) is 0 Å². The van der Waals surface area contributed by atoms with E-state index in [1.165, 1.54) is 32.4 Å². The SMILES string of the molecule is CCCC1CNC(CC(C)C)CN1CCCOC. The molecule has 2 unspecified atom stereocenters. The molecular formula is C15H32N2O. The number of methoxy groups -OCH3 is 1.